The van der Waals surface area contributed by atoms with E-state index >= 15 is 0 Å². The maximum atomic E-state index is 13.1. The van der Waals surface area contributed by atoms with Crippen LogP contribution in [0.2, 0.25) is 0 Å². The Hall–Kier alpha value is -1.31. The second-order valence-corrected chi connectivity index (χ2v) is 8.10. The minimum Gasteiger partial charge on any atom is -0.370 e. The van der Waals surface area contributed by atoms with Gasteiger partial charge in [0.15, 0.2) is 0 Å². The molecule has 0 aromatic heterocycles. The standard InChI is InChI=1S/C17H17BrN2O3S/c18-10-3-5-11(6-4-10)20-14(22)12-9-13(21)19-17(23)8-2-1-7-16(12,17)15(20)24/h3-6,12,23H,1-2,7-9H2,(H,19,21). The van der Waals surface area contributed by atoms with Crippen molar-refractivity contribution >= 4 is 50.6 Å². The molecule has 1 aliphatic carbocycles. The number of piperidine rings is 1. The molecule has 1 aromatic carbocycles. The first kappa shape index (κ1) is 16.2. The molecule has 3 fully saturated rings. The fraction of sp³-hybridized carbons (Fsp3) is 0.471. The Balaban J connectivity index is 1.85. The van der Waals surface area contributed by atoms with Crippen LogP contribution in [0.1, 0.15) is 32.1 Å². The van der Waals surface area contributed by atoms with Crippen molar-refractivity contribution in [3.8, 4) is 0 Å². The first-order chi connectivity index (χ1) is 11.4. The second-order valence-electron chi connectivity index (χ2n) is 6.80. The molecule has 24 heavy (non-hydrogen) atoms. The summed E-state index contributed by atoms with van der Waals surface area (Å²) < 4.78 is 0.908. The molecule has 3 unspecified atom stereocenters. The molecular weight excluding hydrogens is 392 g/mol. The maximum absolute atomic E-state index is 13.1. The lowest BCUT2D eigenvalue weighted by Crippen LogP contribution is -2.69. The smallest absolute Gasteiger partial charge is 0.236 e. The summed E-state index contributed by atoms with van der Waals surface area (Å²) in [5, 5.41) is 13.9. The fourth-order valence-corrected chi connectivity index (χ4v) is 5.39. The highest BCUT2D eigenvalue weighted by Crippen LogP contribution is 2.57. The summed E-state index contributed by atoms with van der Waals surface area (Å²) in [6, 6.07) is 7.33. The van der Waals surface area contributed by atoms with Gasteiger partial charge >= 0.3 is 0 Å². The van der Waals surface area contributed by atoms with Gasteiger partial charge in [-0.2, -0.15) is 0 Å². The molecule has 7 heteroatoms. The number of amides is 2. The third-order valence-corrected chi connectivity index (χ3v) is 6.69. The van der Waals surface area contributed by atoms with E-state index in [0.717, 1.165) is 17.3 Å². The van der Waals surface area contributed by atoms with Gasteiger partial charge in [-0.1, -0.05) is 34.6 Å². The van der Waals surface area contributed by atoms with Crippen LogP contribution >= 0.6 is 28.1 Å². The van der Waals surface area contributed by atoms with Crippen molar-refractivity contribution in [2.75, 3.05) is 4.90 Å². The molecule has 0 bridgehead atoms. The summed E-state index contributed by atoms with van der Waals surface area (Å²) >= 11 is 9.10. The Kier molecular flexibility index (Phi) is 3.60. The molecule has 5 nitrogen and oxygen atoms in total. The van der Waals surface area contributed by atoms with E-state index in [9.17, 15) is 14.7 Å². The van der Waals surface area contributed by atoms with Crippen LogP contribution in [0.15, 0.2) is 28.7 Å². The van der Waals surface area contributed by atoms with Crippen molar-refractivity contribution in [1.82, 2.24) is 5.32 Å². The van der Waals surface area contributed by atoms with Gasteiger partial charge in [0.2, 0.25) is 11.8 Å². The minimum atomic E-state index is -1.43. The minimum absolute atomic E-state index is 0.0777. The highest BCUT2D eigenvalue weighted by molar-refractivity contribution is 9.10. The van der Waals surface area contributed by atoms with Crippen LogP contribution in [0.5, 0.6) is 0 Å². The first-order valence-electron chi connectivity index (χ1n) is 8.06. The number of halogens is 1. The Morgan fingerprint density at radius 3 is 2.58 bits per heavy atom. The van der Waals surface area contributed by atoms with Crippen molar-refractivity contribution < 1.29 is 14.7 Å². The summed E-state index contributed by atoms with van der Waals surface area (Å²) in [5.41, 5.74) is -1.63. The zero-order valence-corrected chi connectivity index (χ0v) is 15.3. The predicted octanol–water partition coefficient (Wildman–Crippen LogP) is 2.51. The van der Waals surface area contributed by atoms with E-state index in [4.69, 9.17) is 12.2 Å². The van der Waals surface area contributed by atoms with Gasteiger partial charge in [-0.25, -0.2) is 0 Å². The largest absolute Gasteiger partial charge is 0.370 e. The number of hydrogen-bond donors (Lipinski definition) is 2. The average Bonchev–Trinajstić information content (AvgIpc) is 2.74. The first-order valence-corrected chi connectivity index (χ1v) is 9.26. The number of carbonyl (C=O) groups excluding carboxylic acids is 2. The molecule has 2 amide bonds. The number of rotatable bonds is 1. The van der Waals surface area contributed by atoms with Crippen molar-refractivity contribution in [1.29, 1.82) is 0 Å². The van der Waals surface area contributed by atoms with Crippen molar-refractivity contribution in [3.63, 3.8) is 0 Å². The number of thiocarbonyl (C=S) groups is 1. The lowest BCUT2D eigenvalue weighted by molar-refractivity contribution is -0.170. The van der Waals surface area contributed by atoms with E-state index in [1.165, 1.54) is 4.90 Å². The van der Waals surface area contributed by atoms with Crippen molar-refractivity contribution in [2.24, 2.45) is 11.3 Å². The molecule has 1 saturated carbocycles. The van der Waals surface area contributed by atoms with E-state index in [1.807, 2.05) is 24.3 Å². The van der Waals surface area contributed by atoms with Crippen LogP contribution in [-0.4, -0.2) is 27.6 Å². The van der Waals surface area contributed by atoms with E-state index in [1.54, 1.807) is 0 Å². The van der Waals surface area contributed by atoms with Crippen LogP contribution in [0, 0.1) is 11.3 Å². The molecule has 2 N–H and O–H groups in total. The molecule has 2 heterocycles. The summed E-state index contributed by atoms with van der Waals surface area (Å²) in [7, 11) is 0. The number of benzene rings is 1. The van der Waals surface area contributed by atoms with Crippen molar-refractivity contribution in [2.45, 2.75) is 37.8 Å². The summed E-state index contributed by atoms with van der Waals surface area (Å²) in [4.78, 5) is 27.2. The molecule has 2 aliphatic heterocycles. The molecule has 3 aliphatic rings. The van der Waals surface area contributed by atoms with E-state index in [0.29, 0.717) is 23.5 Å². The molecule has 0 radical (unpaired) electrons. The molecule has 4 rings (SSSR count). The second kappa shape index (κ2) is 5.34. The van der Waals surface area contributed by atoms with Gasteiger partial charge in [-0.15, -0.1) is 0 Å². The third kappa shape index (κ3) is 1.98. The molecule has 3 atom stereocenters. The predicted molar refractivity (Wildman–Crippen MR) is 96.3 cm³/mol. The molecular formula is C17H17BrN2O3S. The Morgan fingerprint density at radius 1 is 1.21 bits per heavy atom. The van der Waals surface area contributed by atoms with E-state index in [-0.39, 0.29) is 18.2 Å². The summed E-state index contributed by atoms with van der Waals surface area (Å²) in [6.07, 6.45) is 2.81. The quantitative estimate of drug-likeness (QED) is 0.700. The number of anilines is 1. The highest BCUT2D eigenvalue weighted by atomic mass is 79.9. The highest BCUT2D eigenvalue weighted by Gasteiger charge is 2.70. The summed E-state index contributed by atoms with van der Waals surface area (Å²) in [5.74, 6) is -1.06. The topological polar surface area (TPSA) is 69.6 Å². The zero-order valence-electron chi connectivity index (χ0n) is 12.9. The number of nitrogens with one attached hydrogen (secondary N) is 1. The Bertz CT molecular complexity index is 753. The molecule has 2 saturated heterocycles. The zero-order chi connectivity index (χ0) is 17.1. The lowest BCUT2D eigenvalue weighted by atomic mass is 9.59. The molecule has 1 aromatic rings. The van der Waals surface area contributed by atoms with Gasteiger partial charge in [-0.05, 0) is 43.5 Å². The van der Waals surface area contributed by atoms with Gasteiger partial charge < -0.3 is 10.4 Å². The van der Waals surface area contributed by atoms with Gasteiger partial charge in [0.05, 0.1) is 11.3 Å². The van der Waals surface area contributed by atoms with Crippen LogP contribution < -0.4 is 10.2 Å². The fourth-order valence-electron chi connectivity index (χ4n) is 4.51. The van der Waals surface area contributed by atoms with Crippen LogP contribution in [0.25, 0.3) is 0 Å². The van der Waals surface area contributed by atoms with Gasteiger partial charge in [-0.3, -0.25) is 14.5 Å². The summed E-state index contributed by atoms with van der Waals surface area (Å²) in [6.45, 7) is 0. The Labute approximate surface area is 153 Å². The number of hydrogen-bond acceptors (Lipinski definition) is 4. The van der Waals surface area contributed by atoms with Gasteiger partial charge in [0.1, 0.15) is 10.7 Å². The van der Waals surface area contributed by atoms with Crippen molar-refractivity contribution in [3.05, 3.63) is 28.7 Å². The normalized spacial score (nSPS) is 35.5. The van der Waals surface area contributed by atoms with E-state index in [2.05, 4.69) is 21.2 Å². The van der Waals surface area contributed by atoms with Crippen LogP contribution in [0.4, 0.5) is 5.69 Å². The molecule has 1 spiro atoms. The van der Waals surface area contributed by atoms with Gasteiger partial charge in [0.25, 0.3) is 0 Å². The average molecular weight is 409 g/mol. The van der Waals surface area contributed by atoms with Gasteiger partial charge in [0, 0.05) is 16.6 Å². The number of nitrogens with zero attached hydrogens (tertiary/aromatic N) is 1. The SMILES string of the molecule is O=C1CC2C(=O)N(c3ccc(Br)cc3)C(=S)C23CCCCC3(O)N1. The molecule has 126 valence electrons. The van der Waals surface area contributed by atoms with Crippen LogP contribution in [-0.2, 0) is 9.59 Å². The number of aliphatic hydroxyl groups is 1. The Morgan fingerprint density at radius 2 is 1.88 bits per heavy atom. The lowest BCUT2D eigenvalue weighted by Gasteiger charge is -2.53. The van der Waals surface area contributed by atoms with Crippen LogP contribution in [0.3, 0.4) is 0 Å². The third-order valence-electron chi connectivity index (χ3n) is 5.62. The number of carbonyl (C=O) groups is 2. The van der Waals surface area contributed by atoms with E-state index < -0.39 is 17.1 Å². The maximum Gasteiger partial charge on any atom is 0.236 e. The monoisotopic (exact) mass is 408 g/mol.